The van der Waals surface area contributed by atoms with Crippen LogP contribution in [0.5, 0.6) is 5.75 Å². The van der Waals surface area contributed by atoms with E-state index in [1.807, 2.05) is 6.07 Å². The van der Waals surface area contributed by atoms with Gasteiger partial charge < -0.3 is 14.0 Å². The highest BCUT2D eigenvalue weighted by molar-refractivity contribution is 5.81. The zero-order valence-electron chi connectivity index (χ0n) is 10.5. The first-order valence-electron chi connectivity index (χ1n) is 6.05. The first-order valence-corrected chi connectivity index (χ1v) is 6.05. The van der Waals surface area contributed by atoms with Crippen molar-refractivity contribution in [3.8, 4) is 5.75 Å². The number of ether oxygens (including phenoxy) is 2. The van der Waals surface area contributed by atoms with E-state index in [-0.39, 0.29) is 0 Å². The van der Waals surface area contributed by atoms with Crippen molar-refractivity contribution < 1.29 is 9.47 Å². The lowest BCUT2D eigenvalue weighted by Gasteiger charge is -2.06. The molecule has 17 heavy (non-hydrogen) atoms. The van der Waals surface area contributed by atoms with Crippen molar-refractivity contribution in [3.63, 3.8) is 0 Å². The molecule has 0 radical (unpaired) electrons. The minimum Gasteiger partial charge on any atom is -0.497 e. The largest absolute Gasteiger partial charge is 0.497 e. The van der Waals surface area contributed by atoms with E-state index < -0.39 is 0 Å². The number of nitrogens with zero attached hydrogens (tertiary/aromatic N) is 1. The molecule has 92 valence electrons. The van der Waals surface area contributed by atoms with E-state index in [9.17, 15) is 0 Å². The van der Waals surface area contributed by atoms with Crippen LogP contribution in [0.1, 0.15) is 13.3 Å². The third kappa shape index (κ3) is 2.80. The Hall–Kier alpha value is -1.48. The van der Waals surface area contributed by atoms with Crippen molar-refractivity contribution in [1.82, 2.24) is 4.57 Å². The van der Waals surface area contributed by atoms with E-state index in [1.54, 1.807) is 7.11 Å². The number of hydrogen-bond acceptors (Lipinski definition) is 2. The van der Waals surface area contributed by atoms with E-state index in [1.165, 1.54) is 10.9 Å². The predicted octanol–water partition coefficient (Wildman–Crippen LogP) is 3.08. The number of rotatable bonds is 6. The molecule has 0 N–H and O–H groups in total. The fraction of sp³-hybridized carbons (Fsp3) is 0.429. The van der Waals surface area contributed by atoms with Crippen molar-refractivity contribution in [2.45, 2.75) is 19.9 Å². The second-order valence-corrected chi connectivity index (χ2v) is 4.05. The smallest absolute Gasteiger partial charge is 0.119 e. The molecule has 0 bridgehead atoms. The minimum atomic E-state index is 0.768. The minimum absolute atomic E-state index is 0.768. The summed E-state index contributed by atoms with van der Waals surface area (Å²) in [6.45, 7) is 4.63. The van der Waals surface area contributed by atoms with Gasteiger partial charge in [0.25, 0.3) is 0 Å². The number of hydrogen-bond donors (Lipinski definition) is 0. The Morgan fingerprint density at radius 3 is 2.82 bits per heavy atom. The third-order valence-electron chi connectivity index (χ3n) is 2.80. The van der Waals surface area contributed by atoms with Gasteiger partial charge in [0.1, 0.15) is 5.75 Å². The lowest BCUT2D eigenvalue weighted by atomic mass is 10.2. The Balaban J connectivity index is 2.08. The van der Waals surface area contributed by atoms with Crippen LogP contribution in [0.4, 0.5) is 0 Å². The van der Waals surface area contributed by atoms with E-state index in [4.69, 9.17) is 9.47 Å². The maximum atomic E-state index is 5.50. The molecular weight excluding hydrogens is 214 g/mol. The van der Waals surface area contributed by atoms with Crippen LogP contribution in [0, 0.1) is 0 Å². The fourth-order valence-corrected chi connectivity index (χ4v) is 1.91. The van der Waals surface area contributed by atoms with Gasteiger partial charge in [-0.25, -0.2) is 0 Å². The number of aromatic nitrogens is 1. The Labute approximate surface area is 102 Å². The molecule has 1 heterocycles. The van der Waals surface area contributed by atoms with Crippen LogP contribution in [-0.2, 0) is 11.3 Å². The third-order valence-corrected chi connectivity index (χ3v) is 2.80. The molecule has 1 aromatic heterocycles. The quantitative estimate of drug-likeness (QED) is 0.716. The second-order valence-electron chi connectivity index (χ2n) is 4.05. The van der Waals surface area contributed by atoms with Gasteiger partial charge in [-0.3, -0.25) is 0 Å². The first kappa shape index (κ1) is 12.0. The van der Waals surface area contributed by atoms with Crippen molar-refractivity contribution in [2.24, 2.45) is 0 Å². The van der Waals surface area contributed by atoms with Gasteiger partial charge >= 0.3 is 0 Å². The highest BCUT2D eigenvalue weighted by Gasteiger charge is 2.02. The van der Waals surface area contributed by atoms with Gasteiger partial charge in [-0.1, -0.05) is 6.92 Å². The van der Waals surface area contributed by atoms with Crippen LogP contribution in [-0.4, -0.2) is 24.9 Å². The molecule has 0 aliphatic heterocycles. The lowest BCUT2D eigenvalue weighted by molar-refractivity contribution is 0.127. The Bertz CT molecular complexity index is 476. The van der Waals surface area contributed by atoms with Crippen LogP contribution in [0.2, 0.25) is 0 Å². The summed E-state index contributed by atoms with van der Waals surface area (Å²) >= 11 is 0. The molecule has 0 fully saturated rings. The molecule has 0 aliphatic carbocycles. The summed E-state index contributed by atoms with van der Waals surface area (Å²) in [6.07, 6.45) is 3.17. The molecule has 2 aromatic rings. The van der Waals surface area contributed by atoms with Gasteiger partial charge in [0.15, 0.2) is 0 Å². The molecule has 0 atom stereocenters. The van der Waals surface area contributed by atoms with Gasteiger partial charge in [-0.15, -0.1) is 0 Å². The maximum Gasteiger partial charge on any atom is 0.119 e. The van der Waals surface area contributed by atoms with E-state index in [0.29, 0.717) is 0 Å². The monoisotopic (exact) mass is 233 g/mol. The van der Waals surface area contributed by atoms with Gasteiger partial charge in [0.05, 0.1) is 13.7 Å². The molecule has 3 heteroatoms. The predicted molar refractivity (Wildman–Crippen MR) is 69.6 cm³/mol. The fourth-order valence-electron chi connectivity index (χ4n) is 1.91. The molecular formula is C14H19NO2. The van der Waals surface area contributed by atoms with Gasteiger partial charge in [-0.05, 0) is 30.7 Å². The number of fused-ring (bicyclic) bond motifs is 1. The molecule has 0 saturated carbocycles. The van der Waals surface area contributed by atoms with Gasteiger partial charge in [0, 0.05) is 30.3 Å². The zero-order valence-corrected chi connectivity index (χ0v) is 10.5. The molecule has 2 rings (SSSR count). The molecule has 0 unspecified atom stereocenters. The SMILES string of the molecule is CCCOCCn1ccc2cc(OC)ccc21. The van der Waals surface area contributed by atoms with Gasteiger partial charge in [-0.2, -0.15) is 0 Å². The number of methoxy groups -OCH3 is 1. The Kier molecular flexibility index (Phi) is 4.04. The van der Waals surface area contributed by atoms with Crippen LogP contribution < -0.4 is 4.74 Å². The van der Waals surface area contributed by atoms with Crippen molar-refractivity contribution >= 4 is 10.9 Å². The first-order chi connectivity index (χ1) is 8.35. The summed E-state index contributed by atoms with van der Waals surface area (Å²) in [6, 6.07) is 8.25. The van der Waals surface area contributed by atoms with Crippen molar-refractivity contribution in [1.29, 1.82) is 0 Å². The van der Waals surface area contributed by atoms with Crippen molar-refractivity contribution in [3.05, 3.63) is 30.5 Å². The normalized spacial score (nSPS) is 10.9. The Morgan fingerprint density at radius 2 is 2.06 bits per heavy atom. The summed E-state index contributed by atoms with van der Waals surface area (Å²) in [5, 5.41) is 1.21. The zero-order chi connectivity index (χ0) is 12.1. The summed E-state index contributed by atoms with van der Waals surface area (Å²) < 4.78 is 12.9. The van der Waals surface area contributed by atoms with E-state index in [0.717, 1.165) is 31.9 Å². The van der Waals surface area contributed by atoms with Crippen LogP contribution in [0.25, 0.3) is 10.9 Å². The second kappa shape index (κ2) is 5.73. The molecule has 0 spiro atoms. The van der Waals surface area contributed by atoms with E-state index >= 15 is 0 Å². The summed E-state index contributed by atoms with van der Waals surface area (Å²) in [4.78, 5) is 0. The standard InChI is InChI=1S/C14H19NO2/c1-3-9-17-10-8-15-7-6-12-11-13(16-2)4-5-14(12)15/h4-7,11H,3,8-10H2,1-2H3. The maximum absolute atomic E-state index is 5.50. The topological polar surface area (TPSA) is 23.4 Å². The van der Waals surface area contributed by atoms with Crippen molar-refractivity contribution in [2.75, 3.05) is 20.3 Å². The average Bonchev–Trinajstić information content (AvgIpc) is 2.77. The molecule has 1 aromatic carbocycles. The highest BCUT2D eigenvalue weighted by Crippen LogP contribution is 2.21. The lowest BCUT2D eigenvalue weighted by Crippen LogP contribution is -2.05. The average molecular weight is 233 g/mol. The van der Waals surface area contributed by atoms with Crippen LogP contribution >= 0.6 is 0 Å². The number of benzene rings is 1. The van der Waals surface area contributed by atoms with E-state index in [2.05, 4.69) is 35.9 Å². The Morgan fingerprint density at radius 1 is 1.18 bits per heavy atom. The molecule has 0 saturated heterocycles. The molecule has 3 nitrogen and oxygen atoms in total. The van der Waals surface area contributed by atoms with Crippen LogP contribution in [0.15, 0.2) is 30.5 Å². The van der Waals surface area contributed by atoms with Gasteiger partial charge in [0.2, 0.25) is 0 Å². The highest BCUT2D eigenvalue weighted by atomic mass is 16.5. The molecule has 0 amide bonds. The summed E-state index contributed by atoms with van der Waals surface area (Å²) in [5.74, 6) is 0.900. The van der Waals surface area contributed by atoms with Crippen LogP contribution in [0.3, 0.4) is 0 Å². The molecule has 0 aliphatic rings. The summed E-state index contributed by atoms with van der Waals surface area (Å²) in [7, 11) is 1.69. The summed E-state index contributed by atoms with van der Waals surface area (Å²) in [5.41, 5.74) is 1.23.